The highest BCUT2D eigenvalue weighted by Crippen LogP contribution is 2.23. The third-order valence-corrected chi connectivity index (χ3v) is 4.01. The van der Waals surface area contributed by atoms with Crippen LogP contribution in [0.1, 0.15) is 45.6 Å². The number of allylic oxidation sites excluding steroid dienone is 6. The van der Waals surface area contributed by atoms with Crippen molar-refractivity contribution in [2.24, 2.45) is 18.5 Å². The monoisotopic (exact) mass is 366 g/mol. The zero-order chi connectivity index (χ0) is 20.7. The zero-order valence-corrected chi connectivity index (χ0v) is 16.9. The van der Waals surface area contributed by atoms with Crippen LogP contribution in [0.3, 0.4) is 0 Å². The smallest absolute Gasteiger partial charge is 0.136 e. The van der Waals surface area contributed by atoms with Crippen molar-refractivity contribution >= 4 is 23.1 Å². The summed E-state index contributed by atoms with van der Waals surface area (Å²) >= 11 is 0. The van der Waals surface area contributed by atoms with Gasteiger partial charge in [0.05, 0.1) is 5.69 Å². The molecule has 6 heteroatoms. The van der Waals surface area contributed by atoms with Crippen molar-refractivity contribution in [1.29, 1.82) is 10.8 Å². The van der Waals surface area contributed by atoms with Crippen LogP contribution in [0.5, 0.6) is 0 Å². The maximum absolute atomic E-state index is 7.82. The predicted molar refractivity (Wildman–Crippen MR) is 116 cm³/mol. The van der Waals surface area contributed by atoms with Gasteiger partial charge < -0.3 is 26.9 Å². The highest BCUT2D eigenvalue weighted by atomic mass is 15.0. The average Bonchev–Trinajstić information content (AvgIpc) is 2.96. The Balaban J connectivity index is 3.47. The molecular weight excluding hydrogens is 336 g/mol. The third kappa shape index (κ3) is 5.67. The first-order valence-corrected chi connectivity index (χ1v) is 8.73. The molecule has 6 N–H and O–H groups in total. The molecule has 1 rings (SSSR count). The van der Waals surface area contributed by atoms with Crippen LogP contribution in [0, 0.1) is 10.8 Å². The number of nitrogens with two attached hydrogens (primary N) is 2. The molecule has 6 nitrogen and oxygen atoms in total. The molecule has 0 unspecified atom stereocenters. The fourth-order valence-electron chi connectivity index (χ4n) is 2.68. The van der Waals surface area contributed by atoms with Crippen LogP contribution >= 0.6 is 0 Å². The van der Waals surface area contributed by atoms with Crippen LogP contribution in [0.2, 0.25) is 0 Å². The maximum Gasteiger partial charge on any atom is 0.136 e. The lowest BCUT2D eigenvalue weighted by molar-refractivity contribution is 0.888. The quantitative estimate of drug-likeness (QED) is 0.412. The Morgan fingerprint density at radius 1 is 1.26 bits per heavy atom. The summed E-state index contributed by atoms with van der Waals surface area (Å²) in [5, 5.41) is 15.4. The van der Waals surface area contributed by atoms with Crippen molar-refractivity contribution < 1.29 is 0 Å². The van der Waals surface area contributed by atoms with E-state index in [-0.39, 0.29) is 0 Å². The van der Waals surface area contributed by atoms with E-state index in [1.807, 2.05) is 44.7 Å². The molecule has 0 fully saturated rings. The summed E-state index contributed by atoms with van der Waals surface area (Å²) in [6, 6.07) is 0. The SMILES string of the molecule is C=C(N)C(=C\CC)/C=C(N)\C(C=N)=C(/C)c1nc(/C(C)=C/C(C)=N)cn1C. The van der Waals surface area contributed by atoms with E-state index in [9.17, 15) is 0 Å². The lowest BCUT2D eigenvalue weighted by Gasteiger charge is -2.10. The number of imidazole rings is 1. The average molecular weight is 367 g/mol. The minimum Gasteiger partial charge on any atom is -0.399 e. The molecule has 0 aliphatic heterocycles. The molecule has 144 valence electrons. The Hall–Kier alpha value is -3.15. The molecular formula is C21H30N6. The van der Waals surface area contributed by atoms with Gasteiger partial charge in [0, 0.05) is 47.7 Å². The van der Waals surface area contributed by atoms with Gasteiger partial charge in [-0.2, -0.15) is 0 Å². The van der Waals surface area contributed by atoms with Gasteiger partial charge in [-0.1, -0.05) is 19.6 Å². The van der Waals surface area contributed by atoms with E-state index < -0.39 is 0 Å². The van der Waals surface area contributed by atoms with Gasteiger partial charge in [-0.15, -0.1) is 0 Å². The molecule has 0 aromatic carbocycles. The second-order valence-corrected chi connectivity index (χ2v) is 6.45. The molecule has 1 heterocycles. The van der Waals surface area contributed by atoms with Crippen LogP contribution < -0.4 is 11.5 Å². The van der Waals surface area contributed by atoms with E-state index in [1.54, 1.807) is 19.1 Å². The van der Waals surface area contributed by atoms with Gasteiger partial charge in [0.2, 0.25) is 0 Å². The van der Waals surface area contributed by atoms with Crippen molar-refractivity contribution in [2.75, 3.05) is 0 Å². The largest absolute Gasteiger partial charge is 0.399 e. The summed E-state index contributed by atoms with van der Waals surface area (Å²) in [7, 11) is 1.89. The normalized spacial score (nSPS) is 14.0. The van der Waals surface area contributed by atoms with Crippen LogP contribution in [-0.4, -0.2) is 21.5 Å². The Kier molecular flexibility index (Phi) is 7.72. The number of hydrogen-bond donors (Lipinski definition) is 4. The van der Waals surface area contributed by atoms with Crippen molar-refractivity contribution in [3.05, 3.63) is 65.1 Å². The minimum atomic E-state index is 0.431. The zero-order valence-electron chi connectivity index (χ0n) is 16.9. The molecule has 1 aromatic rings. The highest BCUT2D eigenvalue weighted by Gasteiger charge is 2.13. The van der Waals surface area contributed by atoms with Crippen LogP contribution in [-0.2, 0) is 7.05 Å². The number of nitrogens with zero attached hydrogens (tertiary/aromatic N) is 2. The van der Waals surface area contributed by atoms with E-state index in [0.717, 1.165) is 28.8 Å². The molecule has 0 radical (unpaired) electrons. The Bertz CT molecular complexity index is 874. The molecule has 27 heavy (non-hydrogen) atoms. The van der Waals surface area contributed by atoms with Gasteiger partial charge >= 0.3 is 0 Å². The number of rotatable bonds is 8. The van der Waals surface area contributed by atoms with Gasteiger partial charge in [-0.25, -0.2) is 4.98 Å². The van der Waals surface area contributed by atoms with Gasteiger partial charge in [0.1, 0.15) is 5.82 Å². The molecule has 0 saturated carbocycles. The first-order valence-electron chi connectivity index (χ1n) is 8.73. The summed E-state index contributed by atoms with van der Waals surface area (Å²) in [5.41, 5.74) is 17.2. The summed E-state index contributed by atoms with van der Waals surface area (Å²) in [4.78, 5) is 4.66. The number of nitrogens with one attached hydrogen (secondary N) is 2. The molecule has 0 bridgehead atoms. The van der Waals surface area contributed by atoms with Crippen molar-refractivity contribution in [3.63, 3.8) is 0 Å². The third-order valence-electron chi connectivity index (χ3n) is 4.01. The molecule has 0 spiro atoms. The molecule has 0 aliphatic rings. The van der Waals surface area contributed by atoms with Crippen molar-refractivity contribution in [1.82, 2.24) is 9.55 Å². The fourth-order valence-corrected chi connectivity index (χ4v) is 2.68. The van der Waals surface area contributed by atoms with Crippen molar-refractivity contribution in [3.8, 4) is 0 Å². The van der Waals surface area contributed by atoms with Crippen LogP contribution in [0.25, 0.3) is 11.1 Å². The standard InChI is InChI=1S/C21H30N6/c1-7-8-17(16(5)24)10-19(25)18(11-22)15(4)21-26-20(12-27(21)6)13(2)9-14(3)23/h8-12,22-23H,5,7,24-25H2,1-4,6H3/b13-9+,17-8-,18-15+,19-10+,22-11?,23-14?. The molecule has 0 aliphatic carbocycles. The fraction of sp³-hybridized carbons (Fsp3) is 0.286. The summed E-state index contributed by atoms with van der Waals surface area (Å²) in [5.74, 6) is 0.711. The Labute approximate surface area is 161 Å². The predicted octanol–water partition coefficient (Wildman–Crippen LogP) is 3.94. The summed E-state index contributed by atoms with van der Waals surface area (Å²) in [6.07, 6.45) is 9.38. The van der Waals surface area contributed by atoms with E-state index in [1.165, 1.54) is 6.21 Å². The summed E-state index contributed by atoms with van der Waals surface area (Å²) < 4.78 is 1.89. The van der Waals surface area contributed by atoms with Gasteiger partial charge in [-0.05, 0) is 50.5 Å². The topological polar surface area (TPSA) is 118 Å². The van der Waals surface area contributed by atoms with Gasteiger partial charge in [0.15, 0.2) is 0 Å². The Morgan fingerprint density at radius 3 is 2.37 bits per heavy atom. The molecule has 0 saturated heterocycles. The second-order valence-electron chi connectivity index (χ2n) is 6.45. The number of aryl methyl sites for hydroxylation is 1. The molecule has 1 aromatic heterocycles. The lowest BCUT2D eigenvalue weighted by atomic mass is 10.0. The summed E-state index contributed by atoms with van der Waals surface area (Å²) in [6.45, 7) is 11.3. The van der Waals surface area contributed by atoms with Gasteiger partial charge in [0.25, 0.3) is 0 Å². The van der Waals surface area contributed by atoms with E-state index in [4.69, 9.17) is 22.3 Å². The second kappa shape index (κ2) is 9.52. The van der Waals surface area contributed by atoms with Gasteiger partial charge in [-0.3, -0.25) is 0 Å². The number of hydrogen-bond acceptors (Lipinski definition) is 5. The van der Waals surface area contributed by atoms with E-state index >= 15 is 0 Å². The lowest BCUT2D eigenvalue weighted by Crippen LogP contribution is -2.08. The highest BCUT2D eigenvalue weighted by molar-refractivity contribution is 5.96. The molecule has 0 atom stereocenters. The van der Waals surface area contributed by atoms with Crippen LogP contribution in [0.15, 0.2) is 53.5 Å². The number of aromatic nitrogens is 2. The first-order chi connectivity index (χ1) is 12.6. The maximum atomic E-state index is 7.82. The molecule has 0 amide bonds. The minimum absolute atomic E-state index is 0.431. The van der Waals surface area contributed by atoms with Crippen molar-refractivity contribution in [2.45, 2.75) is 34.1 Å². The first kappa shape index (κ1) is 21.9. The van der Waals surface area contributed by atoms with Crippen LogP contribution in [0.4, 0.5) is 0 Å². The Morgan fingerprint density at radius 2 is 1.89 bits per heavy atom. The van der Waals surface area contributed by atoms with E-state index in [0.29, 0.717) is 28.5 Å². The van der Waals surface area contributed by atoms with E-state index in [2.05, 4.69) is 11.6 Å².